The molecule has 21 heavy (non-hydrogen) atoms. The lowest BCUT2D eigenvalue weighted by Gasteiger charge is -2.39. The van der Waals surface area contributed by atoms with Crippen LogP contribution >= 0.6 is 0 Å². The van der Waals surface area contributed by atoms with Gasteiger partial charge in [0, 0.05) is 39.2 Å². The zero-order chi connectivity index (χ0) is 15.2. The van der Waals surface area contributed by atoms with Crippen LogP contribution in [0, 0.1) is 5.92 Å². The second-order valence-corrected chi connectivity index (χ2v) is 5.82. The van der Waals surface area contributed by atoms with Crippen LogP contribution in [0.25, 0.3) is 0 Å². The Bertz CT molecular complexity index is 369. The minimum absolute atomic E-state index is 0.0566. The van der Waals surface area contributed by atoms with E-state index in [2.05, 4.69) is 10.6 Å². The van der Waals surface area contributed by atoms with Crippen molar-refractivity contribution in [3.8, 4) is 0 Å². The SMILES string of the molecule is CCNC(=O)C1CNCCN1C(=O)CC1CC(OCC)C1. The smallest absolute Gasteiger partial charge is 0.244 e. The van der Waals surface area contributed by atoms with Gasteiger partial charge in [0.15, 0.2) is 0 Å². The normalized spacial score (nSPS) is 28.9. The monoisotopic (exact) mass is 297 g/mol. The highest BCUT2D eigenvalue weighted by atomic mass is 16.5. The molecule has 1 atom stereocenters. The molecule has 0 aromatic heterocycles. The molecular weight excluding hydrogens is 270 g/mol. The molecule has 2 amide bonds. The van der Waals surface area contributed by atoms with Gasteiger partial charge in [-0.25, -0.2) is 0 Å². The van der Waals surface area contributed by atoms with Crippen molar-refractivity contribution in [2.24, 2.45) is 5.92 Å². The summed E-state index contributed by atoms with van der Waals surface area (Å²) >= 11 is 0. The van der Waals surface area contributed by atoms with E-state index in [9.17, 15) is 9.59 Å². The third kappa shape index (κ3) is 4.17. The summed E-state index contributed by atoms with van der Waals surface area (Å²) in [6.07, 6.45) is 2.81. The molecule has 2 aliphatic rings. The summed E-state index contributed by atoms with van der Waals surface area (Å²) in [5.74, 6) is 0.463. The van der Waals surface area contributed by atoms with Crippen molar-refractivity contribution in [3.63, 3.8) is 0 Å². The first-order valence-corrected chi connectivity index (χ1v) is 8.05. The first-order valence-electron chi connectivity index (χ1n) is 8.05. The largest absolute Gasteiger partial charge is 0.378 e. The number of amides is 2. The lowest BCUT2D eigenvalue weighted by atomic mass is 9.79. The summed E-state index contributed by atoms with van der Waals surface area (Å²) in [6, 6.07) is -0.367. The summed E-state index contributed by atoms with van der Waals surface area (Å²) in [5.41, 5.74) is 0. The van der Waals surface area contributed by atoms with Gasteiger partial charge >= 0.3 is 0 Å². The van der Waals surface area contributed by atoms with Crippen molar-refractivity contribution in [1.29, 1.82) is 0 Å². The predicted molar refractivity (Wildman–Crippen MR) is 79.8 cm³/mol. The zero-order valence-corrected chi connectivity index (χ0v) is 13.1. The third-order valence-corrected chi connectivity index (χ3v) is 4.28. The van der Waals surface area contributed by atoms with Gasteiger partial charge in [-0.15, -0.1) is 0 Å². The molecule has 0 spiro atoms. The highest BCUT2D eigenvalue weighted by Gasteiger charge is 2.36. The molecule has 1 saturated carbocycles. The lowest BCUT2D eigenvalue weighted by molar-refractivity contribution is -0.143. The second-order valence-electron chi connectivity index (χ2n) is 5.82. The molecule has 1 aliphatic heterocycles. The lowest BCUT2D eigenvalue weighted by Crippen LogP contribution is -2.60. The van der Waals surface area contributed by atoms with Crippen LogP contribution in [-0.2, 0) is 14.3 Å². The highest BCUT2D eigenvalue weighted by molar-refractivity contribution is 5.88. The van der Waals surface area contributed by atoms with Gasteiger partial charge < -0.3 is 20.3 Å². The van der Waals surface area contributed by atoms with Gasteiger partial charge in [-0.2, -0.15) is 0 Å². The fourth-order valence-corrected chi connectivity index (χ4v) is 3.11. The number of rotatable bonds is 6. The van der Waals surface area contributed by atoms with Crippen LogP contribution in [0.4, 0.5) is 0 Å². The number of ether oxygens (including phenoxy) is 1. The van der Waals surface area contributed by atoms with Crippen molar-refractivity contribution < 1.29 is 14.3 Å². The number of carbonyl (C=O) groups excluding carboxylic acids is 2. The molecule has 120 valence electrons. The van der Waals surface area contributed by atoms with Crippen molar-refractivity contribution in [2.75, 3.05) is 32.8 Å². The third-order valence-electron chi connectivity index (χ3n) is 4.28. The van der Waals surface area contributed by atoms with Gasteiger partial charge in [0.05, 0.1) is 6.10 Å². The van der Waals surface area contributed by atoms with E-state index in [0.717, 1.165) is 26.0 Å². The zero-order valence-electron chi connectivity index (χ0n) is 13.1. The number of nitrogens with one attached hydrogen (secondary N) is 2. The quantitative estimate of drug-likeness (QED) is 0.731. The van der Waals surface area contributed by atoms with Crippen LogP contribution in [0.1, 0.15) is 33.1 Å². The summed E-state index contributed by atoms with van der Waals surface area (Å²) in [5, 5.41) is 6.00. The van der Waals surface area contributed by atoms with E-state index in [1.165, 1.54) is 0 Å². The minimum Gasteiger partial charge on any atom is -0.378 e. The minimum atomic E-state index is -0.367. The standard InChI is InChI=1S/C15H27N3O3/c1-3-17-15(20)13-10-16-5-6-18(13)14(19)9-11-7-12(8-11)21-4-2/h11-13,16H,3-10H2,1-2H3,(H,17,20). The van der Waals surface area contributed by atoms with Crippen LogP contribution < -0.4 is 10.6 Å². The van der Waals surface area contributed by atoms with E-state index >= 15 is 0 Å². The van der Waals surface area contributed by atoms with E-state index in [0.29, 0.717) is 38.1 Å². The molecule has 0 aromatic carbocycles. The van der Waals surface area contributed by atoms with Crippen LogP contribution in [0.5, 0.6) is 0 Å². The van der Waals surface area contributed by atoms with Crippen molar-refractivity contribution in [1.82, 2.24) is 15.5 Å². The first-order chi connectivity index (χ1) is 10.2. The van der Waals surface area contributed by atoms with E-state index < -0.39 is 0 Å². The van der Waals surface area contributed by atoms with Crippen molar-refractivity contribution in [2.45, 2.75) is 45.3 Å². The average Bonchev–Trinajstić information content (AvgIpc) is 2.45. The Morgan fingerprint density at radius 2 is 2.10 bits per heavy atom. The summed E-state index contributed by atoms with van der Waals surface area (Å²) in [6.45, 7) is 7.14. The Morgan fingerprint density at radius 1 is 1.33 bits per heavy atom. The van der Waals surface area contributed by atoms with E-state index in [1.807, 2.05) is 13.8 Å². The number of hydrogen-bond donors (Lipinski definition) is 2. The Morgan fingerprint density at radius 3 is 2.76 bits per heavy atom. The van der Waals surface area contributed by atoms with Crippen LogP contribution in [-0.4, -0.2) is 61.6 Å². The van der Waals surface area contributed by atoms with E-state index in [1.54, 1.807) is 4.90 Å². The maximum absolute atomic E-state index is 12.5. The van der Waals surface area contributed by atoms with Crippen LogP contribution in [0.15, 0.2) is 0 Å². The molecule has 0 aromatic rings. The Balaban J connectivity index is 1.83. The number of carbonyl (C=O) groups is 2. The molecule has 1 saturated heterocycles. The second kappa shape index (κ2) is 7.75. The van der Waals surface area contributed by atoms with Crippen LogP contribution in [0.2, 0.25) is 0 Å². The first kappa shape index (κ1) is 16.2. The summed E-state index contributed by atoms with van der Waals surface area (Å²) in [4.78, 5) is 26.3. The van der Waals surface area contributed by atoms with Gasteiger partial charge in [0.1, 0.15) is 6.04 Å². The molecule has 2 rings (SSSR count). The highest BCUT2D eigenvalue weighted by Crippen LogP contribution is 2.33. The Kier molecular flexibility index (Phi) is 5.99. The van der Waals surface area contributed by atoms with E-state index in [-0.39, 0.29) is 17.9 Å². The van der Waals surface area contributed by atoms with E-state index in [4.69, 9.17) is 4.74 Å². The van der Waals surface area contributed by atoms with Gasteiger partial charge in [-0.1, -0.05) is 0 Å². The van der Waals surface area contributed by atoms with Crippen molar-refractivity contribution in [3.05, 3.63) is 0 Å². The number of hydrogen-bond acceptors (Lipinski definition) is 4. The molecule has 6 heteroatoms. The molecule has 1 aliphatic carbocycles. The van der Waals surface area contributed by atoms with Gasteiger partial charge in [0.2, 0.25) is 11.8 Å². The van der Waals surface area contributed by atoms with Crippen molar-refractivity contribution >= 4 is 11.8 Å². The molecule has 0 radical (unpaired) electrons. The topological polar surface area (TPSA) is 70.7 Å². The van der Waals surface area contributed by atoms with Crippen LogP contribution in [0.3, 0.4) is 0 Å². The molecule has 2 fully saturated rings. The average molecular weight is 297 g/mol. The molecule has 1 unspecified atom stereocenters. The number of likely N-dealkylation sites (N-methyl/N-ethyl adjacent to an activating group) is 1. The number of nitrogens with zero attached hydrogens (tertiary/aromatic N) is 1. The molecule has 2 N–H and O–H groups in total. The Labute approximate surface area is 126 Å². The maximum Gasteiger partial charge on any atom is 0.244 e. The maximum atomic E-state index is 12.5. The fourth-order valence-electron chi connectivity index (χ4n) is 3.11. The summed E-state index contributed by atoms with van der Waals surface area (Å²) < 4.78 is 5.53. The molecular formula is C15H27N3O3. The molecule has 0 bridgehead atoms. The summed E-state index contributed by atoms with van der Waals surface area (Å²) in [7, 11) is 0. The molecule has 1 heterocycles. The van der Waals surface area contributed by atoms with Gasteiger partial charge in [-0.3, -0.25) is 9.59 Å². The predicted octanol–water partition coefficient (Wildman–Crippen LogP) is 0.128. The van der Waals surface area contributed by atoms with Gasteiger partial charge in [0.25, 0.3) is 0 Å². The Hall–Kier alpha value is -1.14. The molecule has 6 nitrogen and oxygen atoms in total. The number of piperazine rings is 1. The van der Waals surface area contributed by atoms with Gasteiger partial charge in [-0.05, 0) is 32.6 Å². The fraction of sp³-hybridized carbons (Fsp3) is 0.867.